The third-order valence-electron chi connectivity index (χ3n) is 3.07. The molecule has 0 aliphatic carbocycles. The quantitative estimate of drug-likeness (QED) is 0.303. The van der Waals surface area contributed by atoms with Gasteiger partial charge >= 0.3 is 0 Å². The zero-order valence-electron chi connectivity index (χ0n) is 11.1. The third kappa shape index (κ3) is 3.61. The van der Waals surface area contributed by atoms with Crippen LogP contribution in [0.4, 0.5) is 0 Å². The molecule has 0 unspecified atom stereocenters. The van der Waals surface area contributed by atoms with Crippen molar-refractivity contribution >= 4 is 54.5 Å². The summed E-state index contributed by atoms with van der Waals surface area (Å²) in [6.45, 7) is 6.71. The van der Waals surface area contributed by atoms with E-state index in [1.165, 1.54) is 20.3 Å². The van der Waals surface area contributed by atoms with E-state index in [-0.39, 0.29) is 5.41 Å². The first kappa shape index (κ1) is 15.5. The fraction of sp³-hybridized carbons (Fsp3) is 0.250. The minimum Gasteiger partial charge on any atom is -0.0579 e. The minimum atomic E-state index is 0.198. The van der Waals surface area contributed by atoms with Crippen LogP contribution in [0.15, 0.2) is 45.3 Å². The summed E-state index contributed by atoms with van der Waals surface area (Å²) in [5.41, 5.74) is 4.03. The van der Waals surface area contributed by atoms with Crippen LogP contribution in [0, 0.1) is 3.57 Å². The Balaban J connectivity index is 2.46. The highest BCUT2D eigenvalue weighted by atomic mass is 127. The molecule has 19 heavy (non-hydrogen) atoms. The van der Waals surface area contributed by atoms with Crippen LogP contribution >= 0.6 is 54.5 Å². The molecule has 0 heterocycles. The van der Waals surface area contributed by atoms with Crippen molar-refractivity contribution in [1.82, 2.24) is 0 Å². The van der Waals surface area contributed by atoms with Crippen LogP contribution in [0.2, 0.25) is 0 Å². The molecule has 0 fully saturated rings. The molecule has 0 atom stereocenters. The second-order valence-electron chi connectivity index (χ2n) is 5.57. The first-order valence-corrected chi connectivity index (χ1v) is 8.71. The monoisotopic (exact) mass is 492 g/mol. The highest BCUT2D eigenvalue weighted by Gasteiger charge is 2.14. The molecule has 100 valence electrons. The van der Waals surface area contributed by atoms with Gasteiger partial charge in [0.1, 0.15) is 0 Å². The maximum Gasteiger partial charge on any atom is 0.0320 e. The standard InChI is InChI=1S/C16H15Br2I/c1-16(2,3)11-6-4-10(5-7-11)12-8-15(19)14(18)9-13(12)17/h4-9H,1-3H3. The Labute approximate surface area is 145 Å². The van der Waals surface area contributed by atoms with Crippen LogP contribution in [-0.4, -0.2) is 0 Å². The van der Waals surface area contributed by atoms with Gasteiger partial charge in [0.25, 0.3) is 0 Å². The summed E-state index contributed by atoms with van der Waals surface area (Å²) in [6.07, 6.45) is 0. The third-order valence-corrected chi connectivity index (χ3v) is 6.02. The molecule has 2 rings (SSSR count). The Kier molecular flexibility index (Phi) is 4.79. The topological polar surface area (TPSA) is 0 Å². The average Bonchev–Trinajstić information content (AvgIpc) is 2.33. The lowest BCUT2D eigenvalue weighted by molar-refractivity contribution is 0.590. The fourth-order valence-corrected chi connectivity index (χ4v) is 3.58. The summed E-state index contributed by atoms with van der Waals surface area (Å²) < 4.78 is 3.45. The SMILES string of the molecule is CC(C)(C)c1ccc(-c2cc(I)c(Br)cc2Br)cc1. The van der Waals surface area contributed by atoms with Crippen LogP contribution in [0.3, 0.4) is 0 Å². The van der Waals surface area contributed by atoms with Crippen molar-refractivity contribution in [3.05, 3.63) is 54.5 Å². The molecule has 0 N–H and O–H groups in total. The molecule has 0 spiro atoms. The zero-order valence-corrected chi connectivity index (χ0v) is 16.4. The van der Waals surface area contributed by atoms with Gasteiger partial charge in [-0.15, -0.1) is 0 Å². The Morgan fingerprint density at radius 3 is 2.00 bits per heavy atom. The van der Waals surface area contributed by atoms with Crippen molar-refractivity contribution in [2.45, 2.75) is 26.2 Å². The molecule has 2 aromatic carbocycles. The van der Waals surface area contributed by atoms with Crippen LogP contribution < -0.4 is 0 Å². The number of rotatable bonds is 1. The minimum absolute atomic E-state index is 0.198. The van der Waals surface area contributed by atoms with E-state index < -0.39 is 0 Å². The number of halogens is 3. The highest BCUT2D eigenvalue weighted by molar-refractivity contribution is 14.1. The predicted octanol–water partition coefficient (Wildman–Crippen LogP) is 6.78. The largest absolute Gasteiger partial charge is 0.0579 e. The van der Waals surface area contributed by atoms with Crippen molar-refractivity contribution in [3.8, 4) is 11.1 Å². The molecule has 0 saturated heterocycles. The van der Waals surface area contributed by atoms with Crippen LogP contribution in [0.1, 0.15) is 26.3 Å². The molecule has 3 heteroatoms. The summed E-state index contributed by atoms with van der Waals surface area (Å²) in [6, 6.07) is 13.1. The smallest absolute Gasteiger partial charge is 0.0320 e. The molecule has 2 aromatic rings. The zero-order chi connectivity index (χ0) is 14.2. The first-order valence-electron chi connectivity index (χ1n) is 6.04. The summed E-state index contributed by atoms with van der Waals surface area (Å²) in [4.78, 5) is 0. The van der Waals surface area contributed by atoms with E-state index in [0.29, 0.717) is 0 Å². The second kappa shape index (κ2) is 5.86. The summed E-state index contributed by atoms with van der Waals surface area (Å²) >= 11 is 9.54. The molecule has 0 amide bonds. The van der Waals surface area contributed by atoms with Crippen molar-refractivity contribution in [2.24, 2.45) is 0 Å². The van der Waals surface area contributed by atoms with Gasteiger partial charge in [-0.1, -0.05) is 61.0 Å². The number of hydrogen-bond donors (Lipinski definition) is 0. The van der Waals surface area contributed by atoms with E-state index in [2.05, 4.69) is 112 Å². The van der Waals surface area contributed by atoms with Gasteiger partial charge in [-0.2, -0.15) is 0 Å². The van der Waals surface area contributed by atoms with E-state index >= 15 is 0 Å². The normalized spacial score (nSPS) is 11.7. The Morgan fingerprint density at radius 1 is 0.895 bits per heavy atom. The van der Waals surface area contributed by atoms with Crippen LogP contribution in [0.25, 0.3) is 11.1 Å². The number of hydrogen-bond acceptors (Lipinski definition) is 0. The van der Waals surface area contributed by atoms with Crippen molar-refractivity contribution in [1.29, 1.82) is 0 Å². The van der Waals surface area contributed by atoms with E-state index in [0.717, 1.165) is 8.95 Å². The Bertz CT molecular complexity index is 595. The van der Waals surface area contributed by atoms with E-state index in [9.17, 15) is 0 Å². The Morgan fingerprint density at radius 2 is 1.47 bits per heavy atom. The van der Waals surface area contributed by atoms with E-state index in [1.54, 1.807) is 0 Å². The molecular formula is C16H15Br2I. The maximum absolute atomic E-state index is 3.64. The first-order chi connectivity index (χ1) is 8.79. The van der Waals surface area contributed by atoms with Gasteiger partial charge in [-0.05, 0) is 72.8 Å². The molecule has 0 aliphatic rings. The lowest BCUT2D eigenvalue weighted by Crippen LogP contribution is -2.10. The highest BCUT2D eigenvalue weighted by Crippen LogP contribution is 2.35. The fourth-order valence-electron chi connectivity index (χ4n) is 1.89. The second-order valence-corrected chi connectivity index (χ2v) is 8.44. The van der Waals surface area contributed by atoms with Gasteiger partial charge in [0.2, 0.25) is 0 Å². The summed E-state index contributed by atoms with van der Waals surface area (Å²) in [7, 11) is 0. The molecule has 0 aliphatic heterocycles. The van der Waals surface area contributed by atoms with Gasteiger partial charge in [0, 0.05) is 12.5 Å². The van der Waals surface area contributed by atoms with Gasteiger partial charge in [0.05, 0.1) is 0 Å². The molecule has 0 nitrogen and oxygen atoms in total. The molecule has 0 bridgehead atoms. The van der Waals surface area contributed by atoms with Gasteiger partial charge in [-0.25, -0.2) is 0 Å². The maximum atomic E-state index is 3.64. The van der Waals surface area contributed by atoms with Crippen molar-refractivity contribution in [3.63, 3.8) is 0 Å². The summed E-state index contributed by atoms with van der Waals surface area (Å²) in [5.74, 6) is 0. The van der Waals surface area contributed by atoms with Gasteiger partial charge in [-0.3, -0.25) is 0 Å². The van der Waals surface area contributed by atoms with Crippen LogP contribution in [0.5, 0.6) is 0 Å². The lowest BCUT2D eigenvalue weighted by Gasteiger charge is -2.19. The van der Waals surface area contributed by atoms with E-state index in [4.69, 9.17) is 0 Å². The molecule has 0 radical (unpaired) electrons. The van der Waals surface area contributed by atoms with E-state index in [1.807, 2.05) is 0 Å². The number of benzene rings is 2. The van der Waals surface area contributed by atoms with Crippen molar-refractivity contribution in [2.75, 3.05) is 0 Å². The Hall–Kier alpha value is 0.130. The molecule has 0 saturated carbocycles. The summed E-state index contributed by atoms with van der Waals surface area (Å²) in [5, 5.41) is 0. The van der Waals surface area contributed by atoms with Gasteiger partial charge in [0.15, 0.2) is 0 Å². The molecule has 0 aromatic heterocycles. The van der Waals surface area contributed by atoms with Gasteiger partial charge < -0.3 is 0 Å². The van der Waals surface area contributed by atoms with Crippen molar-refractivity contribution < 1.29 is 0 Å². The molecular weight excluding hydrogens is 479 g/mol. The lowest BCUT2D eigenvalue weighted by atomic mass is 9.86. The predicted molar refractivity (Wildman–Crippen MR) is 98.7 cm³/mol. The average molecular weight is 494 g/mol. The van der Waals surface area contributed by atoms with Crippen LogP contribution in [-0.2, 0) is 5.41 Å².